The second kappa shape index (κ2) is 8.13. The van der Waals surface area contributed by atoms with Crippen LogP contribution in [0.5, 0.6) is 11.5 Å². The molecule has 0 radical (unpaired) electrons. The van der Waals surface area contributed by atoms with Gasteiger partial charge in [0.1, 0.15) is 24.8 Å². The average molecular weight is 375 g/mol. The number of anilines is 2. The standard InChI is InChI=1S/C17H21N5O3S/c1-2-22(9-11-3-4-12-13(7-11)25-6-5-24-12)16(23)10-26-17-20-14(18)8-15(19)21-17/h3-4,7-8H,2,5-6,9-10H2,1H3,(H4,18,19,20,21). The molecule has 1 aliphatic heterocycles. The summed E-state index contributed by atoms with van der Waals surface area (Å²) in [5, 5.41) is 0.395. The highest BCUT2D eigenvalue weighted by atomic mass is 32.2. The minimum Gasteiger partial charge on any atom is -0.486 e. The number of fused-ring (bicyclic) bond motifs is 1. The maximum atomic E-state index is 12.5. The van der Waals surface area contributed by atoms with Gasteiger partial charge in [0.25, 0.3) is 0 Å². The number of benzene rings is 1. The zero-order valence-electron chi connectivity index (χ0n) is 14.5. The Morgan fingerprint density at radius 3 is 2.54 bits per heavy atom. The highest BCUT2D eigenvalue weighted by Gasteiger charge is 2.16. The van der Waals surface area contributed by atoms with Crippen LogP contribution in [0, 0.1) is 0 Å². The van der Waals surface area contributed by atoms with Crippen molar-refractivity contribution in [1.82, 2.24) is 14.9 Å². The van der Waals surface area contributed by atoms with Crippen LogP contribution in [-0.2, 0) is 11.3 Å². The van der Waals surface area contributed by atoms with Crippen LogP contribution in [0.15, 0.2) is 29.4 Å². The third-order valence-corrected chi connectivity index (χ3v) is 4.62. The van der Waals surface area contributed by atoms with Crippen molar-refractivity contribution in [2.45, 2.75) is 18.6 Å². The first-order valence-electron chi connectivity index (χ1n) is 8.24. The van der Waals surface area contributed by atoms with Gasteiger partial charge in [0.15, 0.2) is 16.7 Å². The van der Waals surface area contributed by atoms with Gasteiger partial charge in [-0.15, -0.1) is 0 Å². The highest BCUT2D eigenvalue weighted by Crippen LogP contribution is 2.31. The van der Waals surface area contributed by atoms with E-state index in [1.165, 1.54) is 17.8 Å². The van der Waals surface area contributed by atoms with Gasteiger partial charge in [-0.05, 0) is 24.6 Å². The third-order valence-electron chi connectivity index (χ3n) is 3.78. The molecule has 0 saturated heterocycles. The molecule has 26 heavy (non-hydrogen) atoms. The molecule has 2 aromatic rings. The molecule has 8 nitrogen and oxygen atoms in total. The Balaban J connectivity index is 1.61. The number of rotatable bonds is 6. The molecule has 1 aromatic carbocycles. The molecule has 1 aliphatic rings. The summed E-state index contributed by atoms with van der Waals surface area (Å²) in [6.45, 7) is 4.11. The van der Waals surface area contributed by atoms with Gasteiger partial charge in [0.2, 0.25) is 5.91 Å². The number of hydrogen-bond acceptors (Lipinski definition) is 8. The summed E-state index contributed by atoms with van der Waals surface area (Å²) in [7, 11) is 0. The van der Waals surface area contributed by atoms with Crippen molar-refractivity contribution < 1.29 is 14.3 Å². The normalized spacial score (nSPS) is 12.7. The summed E-state index contributed by atoms with van der Waals surface area (Å²) in [4.78, 5) is 22.4. The first kappa shape index (κ1) is 18.1. The van der Waals surface area contributed by atoms with Crippen LogP contribution < -0.4 is 20.9 Å². The highest BCUT2D eigenvalue weighted by molar-refractivity contribution is 7.99. The van der Waals surface area contributed by atoms with Gasteiger partial charge in [-0.1, -0.05) is 17.8 Å². The van der Waals surface area contributed by atoms with Gasteiger partial charge in [0, 0.05) is 19.2 Å². The summed E-state index contributed by atoms with van der Waals surface area (Å²) in [6, 6.07) is 7.21. The van der Waals surface area contributed by atoms with Crippen molar-refractivity contribution in [3.63, 3.8) is 0 Å². The van der Waals surface area contributed by atoms with Gasteiger partial charge in [-0.25, -0.2) is 9.97 Å². The van der Waals surface area contributed by atoms with E-state index in [4.69, 9.17) is 20.9 Å². The van der Waals surface area contributed by atoms with Crippen LogP contribution >= 0.6 is 11.8 Å². The molecular formula is C17H21N5O3S. The molecule has 0 fully saturated rings. The van der Waals surface area contributed by atoms with Crippen LogP contribution in [0.25, 0.3) is 0 Å². The monoisotopic (exact) mass is 375 g/mol. The lowest BCUT2D eigenvalue weighted by molar-refractivity contribution is -0.128. The predicted molar refractivity (Wildman–Crippen MR) is 100 cm³/mol. The van der Waals surface area contributed by atoms with Crippen molar-refractivity contribution >= 4 is 29.3 Å². The van der Waals surface area contributed by atoms with Gasteiger partial charge in [-0.3, -0.25) is 4.79 Å². The summed E-state index contributed by atoms with van der Waals surface area (Å²) in [6.07, 6.45) is 0. The molecule has 0 spiro atoms. The summed E-state index contributed by atoms with van der Waals surface area (Å²) in [5.41, 5.74) is 12.3. The molecule has 9 heteroatoms. The minimum absolute atomic E-state index is 0.0167. The smallest absolute Gasteiger partial charge is 0.233 e. The van der Waals surface area contributed by atoms with E-state index in [1.54, 1.807) is 4.90 Å². The quantitative estimate of drug-likeness (QED) is 0.577. The molecule has 138 valence electrons. The topological polar surface area (TPSA) is 117 Å². The Morgan fingerprint density at radius 1 is 1.15 bits per heavy atom. The van der Waals surface area contributed by atoms with Crippen molar-refractivity contribution in [2.24, 2.45) is 0 Å². The fourth-order valence-corrected chi connectivity index (χ4v) is 3.30. The van der Waals surface area contributed by atoms with Crippen molar-refractivity contribution in [3.05, 3.63) is 29.8 Å². The van der Waals surface area contributed by atoms with E-state index >= 15 is 0 Å². The molecule has 4 N–H and O–H groups in total. The van der Waals surface area contributed by atoms with E-state index in [9.17, 15) is 4.79 Å². The Morgan fingerprint density at radius 2 is 1.85 bits per heavy atom. The second-order valence-corrected chi connectivity index (χ2v) is 6.62. The molecule has 1 aromatic heterocycles. The zero-order chi connectivity index (χ0) is 18.5. The van der Waals surface area contributed by atoms with E-state index < -0.39 is 0 Å². The van der Waals surface area contributed by atoms with E-state index in [0.717, 1.165) is 17.1 Å². The van der Waals surface area contributed by atoms with Crippen molar-refractivity contribution in [3.8, 4) is 11.5 Å². The van der Waals surface area contributed by atoms with Crippen LogP contribution in [0.3, 0.4) is 0 Å². The SMILES string of the molecule is CCN(Cc1ccc2c(c1)OCCO2)C(=O)CSc1nc(N)cc(N)n1. The molecule has 0 bridgehead atoms. The minimum atomic E-state index is -0.0167. The molecule has 2 heterocycles. The van der Waals surface area contributed by atoms with E-state index in [2.05, 4.69) is 9.97 Å². The molecule has 1 amide bonds. The number of aromatic nitrogens is 2. The van der Waals surface area contributed by atoms with Gasteiger partial charge in [-0.2, -0.15) is 0 Å². The number of carbonyl (C=O) groups is 1. The van der Waals surface area contributed by atoms with Crippen molar-refractivity contribution in [2.75, 3.05) is 37.0 Å². The van der Waals surface area contributed by atoms with E-state index in [-0.39, 0.29) is 23.3 Å². The van der Waals surface area contributed by atoms with Gasteiger partial charge in [0.05, 0.1) is 5.75 Å². The lowest BCUT2D eigenvalue weighted by Gasteiger charge is -2.23. The Bertz CT molecular complexity index is 782. The first-order valence-corrected chi connectivity index (χ1v) is 9.23. The number of nitrogen functional groups attached to an aromatic ring is 2. The summed E-state index contributed by atoms with van der Waals surface area (Å²) < 4.78 is 11.1. The number of nitrogens with zero attached hydrogens (tertiary/aromatic N) is 3. The van der Waals surface area contributed by atoms with Crippen LogP contribution in [0.1, 0.15) is 12.5 Å². The number of thioether (sulfide) groups is 1. The van der Waals surface area contributed by atoms with Gasteiger partial charge < -0.3 is 25.8 Å². The maximum Gasteiger partial charge on any atom is 0.233 e. The molecule has 0 aliphatic carbocycles. The number of nitrogens with two attached hydrogens (primary N) is 2. The van der Waals surface area contributed by atoms with Crippen LogP contribution in [0.4, 0.5) is 11.6 Å². The molecular weight excluding hydrogens is 354 g/mol. The van der Waals surface area contributed by atoms with E-state index in [1.807, 2.05) is 25.1 Å². The number of carbonyl (C=O) groups excluding carboxylic acids is 1. The molecule has 3 rings (SSSR count). The first-order chi connectivity index (χ1) is 12.5. The van der Waals surface area contributed by atoms with Crippen LogP contribution in [-0.4, -0.2) is 46.3 Å². The molecule has 0 unspecified atom stereocenters. The lowest BCUT2D eigenvalue weighted by Crippen LogP contribution is -2.31. The lowest BCUT2D eigenvalue weighted by atomic mass is 10.2. The fraction of sp³-hybridized carbons (Fsp3) is 0.353. The Hall–Kier alpha value is -2.68. The van der Waals surface area contributed by atoms with E-state index in [0.29, 0.717) is 31.5 Å². The largest absolute Gasteiger partial charge is 0.486 e. The Labute approximate surface area is 155 Å². The number of amides is 1. The average Bonchev–Trinajstić information content (AvgIpc) is 2.63. The second-order valence-electron chi connectivity index (χ2n) is 5.67. The molecule has 0 atom stereocenters. The Kier molecular flexibility index (Phi) is 5.67. The summed E-state index contributed by atoms with van der Waals surface area (Å²) in [5.74, 6) is 2.22. The summed E-state index contributed by atoms with van der Waals surface area (Å²) >= 11 is 1.22. The van der Waals surface area contributed by atoms with Gasteiger partial charge >= 0.3 is 0 Å². The number of hydrogen-bond donors (Lipinski definition) is 2. The van der Waals surface area contributed by atoms with Crippen molar-refractivity contribution in [1.29, 1.82) is 0 Å². The maximum absolute atomic E-state index is 12.5. The predicted octanol–water partition coefficient (Wildman–Crippen LogP) is 1.55. The third kappa shape index (κ3) is 4.48. The molecule has 0 saturated carbocycles. The fourth-order valence-electron chi connectivity index (χ4n) is 2.53. The zero-order valence-corrected chi connectivity index (χ0v) is 15.3. The van der Waals surface area contributed by atoms with Crippen LogP contribution in [0.2, 0.25) is 0 Å². The number of ether oxygens (including phenoxy) is 2.